The highest BCUT2D eigenvalue weighted by Crippen LogP contribution is 2.33. The van der Waals surface area contributed by atoms with Crippen LogP contribution in [0.3, 0.4) is 0 Å². The Hall–Kier alpha value is 0.310. The van der Waals surface area contributed by atoms with Gasteiger partial charge in [-0.05, 0) is 26.2 Å². The summed E-state index contributed by atoms with van der Waals surface area (Å²) in [6.45, 7) is 10.6. The predicted octanol–water partition coefficient (Wildman–Crippen LogP) is 3.21. The third kappa shape index (κ3) is 2.88. The fraction of sp³-hybridized carbons (Fsp3) is 1.00. The Morgan fingerprint density at radius 1 is 1.38 bits per heavy atom. The summed E-state index contributed by atoms with van der Waals surface area (Å²) in [5.41, 5.74) is 0. The van der Waals surface area contributed by atoms with Gasteiger partial charge in [0.2, 0.25) is 0 Å². The molecule has 0 spiro atoms. The van der Waals surface area contributed by atoms with Crippen LogP contribution in [0.2, 0.25) is 0 Å². The summed E-state index contributed by atoms with van der Waals surface area (Å²) >= 11 is 2.15. The lowest BCUT2D eigenvalue weighted by molar-refractivity contribution is 0.188. The van der Waals surface area contributed by atoms with Crippen molar-refractivity contribution in [3.8, 4) is 0 Å². The first-order valence-electron chi connectivity index (χ1n) is 5.54. The zero-order chi connectivity index (χ0) is 9.84. The molecule has 0 aromatic rings. The van der Waals surface area contributed by atoms with Crippen molar-refractivity contribution in [2.45, 2.75) is 52.0 Å². The van der Waals surface area contributed by atoms with Gasteiger partial charge in [0.05, 0.1) is 5.37 Å². The van der Waals surface area contributed by atoms with E-state index < -0.39 is 0 Å². The van der Waals surface area contributed by atoms with Gasteiger partial charge in [-0.2, -0.15) is 0 Å². The van der Waals surface area contributed by atoms with Crippen LogP contribution < -0.4 is 0 Å². The molecule has 1 saturated heterocycles. The smallest absolute Gasteiger partial charge is 0.0586 e. The van der Waals surface area contributed by atoms with E-state index in [9.17, 15) is 0 Å². The van der Waals surface area contributed by atoms with Crippen LogP contribution in [0.1, 0.15) is 40.5 Å². The quantitative estimate of drug-likeness (QED) is 0.687. The molecule has 2 atom stereocenters. The maximum absolute atomic E-state index is 2.66. The first-order valence-corrected chi connectivity index (χ1v) is 6.59. The summed E-state index contributed by atoms with van der Waals surface area (Å²) in [6, 6.07) is 0.722. The highest BCUT2D eigenvalue weighted by molar-refractivity contribution is 8.00. The van der Waals surface area contributed by atoms with Gasteiger partial charge in [0.15, 0.2) is 0 Å². The van der Waals surface area contributed by atoms with E-state index in [1.54, 1.807) is 0 Å². The molecule has 1 nitrogen and oxygen atoms in total. The lowest BCUT2D eigenvalue weighted by Gasteiger charge is -2.31. The Kier molecular flexibility index (Phi) is 4.60. The molecule has 0 bridgehead atoms. The van der Waals surface area contributed by atoms with Crippen molar-refractivity contribution in [2.24, 2.45) is 5.92 Å². The normalized spacial score (nSPS) is 27.0. The second kappa shape index (κ2) is 5.26. The molecule has 1 aliphatic rings. The predicted molar refractivity (Wildman–Crippen MR) is 62.2 cm³/mol. The van der Waals surface area contributed by atoms with Gasteiger partial charge in [0.1, 0.15) is 0 Å². The Morgan fingerprint density at radius 3 is 2.62 bits per heavy atom. The van der Waals surface area contributed by atoms with Crippen LogP contribution in [-0.2, 0) is 0 Å². The number of hydrogen-bond acceptors (Lipinski definition) is 2. The van der Waals surface area contributed by atoms with Crippen LogP contribution in [0, 0.1) is 5.92 Å². The molecule has 0 aromatic carbocycles. The lowest BCUT2D eigenvalue weighted by atomic mass is 10.0. The van der Waals surface area contributed by atoms with E-state index in [-0.39, 0.29) is 0 Å². The van der Waals surface area contributed by atoms with Gasteiger partial charge in [-0.25, -0.2) is 0 Å². The summed E-state index contributed by atoms with van der Waals surface area (Å²) in [5, 5.41) is 0.792. The molecule has 0 N–H and O–H groups in total. The van der Waals surface area contributed by atoms with E-state index in [0.29, 0.717) is 0 Å². The van der Waals surface area contributed by atoms with Crippen LogP contribution in [0.15, 0.2) is 0 Å². The van der Waals surface area contributed by atoms with E-state index in [2.05, 4.69) is 44.4 Å². The summed E-state index contributed by atoms with van der Waals surface area (Å²) < 4.78 is 0. The summed E-state index contributed by atoms with van der Waals surface area (Å²) in [7, 11) is 0. The molecule has 2 unspecified atom stereocenters. The molecule has 13 heavy (non-hydrogen) atoms. The van der Waals surface area contributed by atoms with E-state index in [0.717, 1.165) is 17.3 Å². The average Bonchev–Trinajstić information content (AvgIpc) is 2.52. The number of rotatable bonds is 4. The van der Waals surface area contributed by atoms with Gasteiger partial charge in [-0.15, -0.1) is 11.8 Å². The van der Waals surface area contributed by atoms with Gasteiger partial charge < -0.3 is 0 Å². The molecule has 0 aliphatic carbocycles. The van der Waals surface area contributed by atoms with Crippen molar-refractivity contribution >= 4 is 11.8 Å². The molecule has 0 amide bonds. The first-order chi connectivity index (χ1) is 6.16. The van der Waals surface area contributed by atoms with E-state index in [1.165, 1.54) is 25.1 Å². The lowest BCUT2D eigenvalue weighted by Crippen LogP contribution is -2.38. The maximum Gasteiger partial charge on any atom is 0.0586 e. The van der Waals surface area contributed by atoms with Crippen molar-refractivity contribution in [1.82, 2.24) is 4.90 Å². The van der Waals surface area contributed by atoms with Crippen LogP contribution >= 0.6 is 11.8 Å². The standard InChI is InChI=1S/C11H23NS/c1-5-6-10(4)11-12(9(2)3)7-8-13-11/h9-11H,5-8H2,1-4H3. The monoisotopic (exact) mass is 201 g/mol. The second-order valence-corrected chi connectivity index (χ2v) is 5.58. The third-order valence-corrected chi connectivity index (χ3v) is 4.35. The summed E-state index contributed by atoms with van der Waals surface area (Å²) in [5.74, 6) is 2.19. The molecule has 1 fully saturated rings. The molecule has 1 aliphatic heterocycles. The van der Waals surface area contributed by atoms with E-state index >= 15 is 0 Å². The van der Waals surface area contributed by atoms with Crippen LogP contribution in [-0.4, -0.2) is 28.6 Å². The molecular weight excluding hydrogens is 178 g/mol. The van der Waals surface area contributed by atoms with Crippen molar-refractivity contribution in [3.05, 3.63) is 0 Å². The van der Waals surface area contributed by atoms with E-state index in [1.807, 2.05) is 0 Å². The number of nitrogens with zero attached hydrogens (tertiary/aromatic N) is 1. The molecule has 0 radical (unpaired) electrons. The SMILES string of the molecule is CCCC(C)C1SCCN1C(C)C. The number of thioether (sulfide) groups is 1. The van der Waals surface area contributed by atoms with Crippen LogP contribution in [0.25, 0.3) is 0 Å². The van der Waals surface area contributed by atoms with Gasteiger partial charge in [0.25, 0.3) is 0 Å². The van der Waals surface area contributed by atoms with Crippen molar-refractivity contribution < 1.29 is 0 Å². The second-order valence-electron chi connectivity index (χ2n) is 4.36. The molecule has 0 saturated carbocycles. The molecule has 2 heteroatoms. The van der Waals surface area contributed by atoms with Crippen molar-refractivity contribution in [3.63, 3.8) is 0 Å². The molecule has 1 heterocycles. The summed E-state index contributed by atoms with van der Waals surface area (Å²) in [6.07, 6.45) is 2.70. The highest BCUT2D eigenvalue weighted by atomic mass is 32.2. The Balaban J connectivity index is 2.47. The fourth-order valence-corrected chi connectivity index (χ4v) is 3.71. The minimum Gasteiger partial charge on any atom is -0.288 e. The minimum absolute atomic E-state index is 0.722. The minimum atomic E-state index is 0.722. The van der Waals surface area contributed by atoms with Crippen LogP contribution in [0.5, 0.6) is 0 Å². The zero-order valence-electron chi connectivity index (χ0n) is 9.42. The third-order valence-electron chi connectivity index (χ3n) is 2.86. The average molecular weight is 201 g/mol. The largest absolute Gasteiger partial charge is 0.288 e. The molecule has 0 aromatic heterocycles. The zero-order valence-corrected chi connectivity index (χ0v) is 10.2. The van der Waals surface area contributed by atoms with Crippen molar-refractivity contribution in [2.75, 3.05) is 12.3 Å². The first kappa shape index (κ1) is 11.4. The molecule has 78 valence electrons. The highest BCUT2D eigenvalue weighted by Gasteiger charge is 2.30. The Bertz CT molecular complexity index is 147. The Labute approximate surface area is 87.3 Å². The maximum atomic E-state index is 2.66. The van der Waals surface area contributed by atoms with Gasteiger partial charge >= 0.3 is 0 Å². The molecular formula is C11H23NS. The number of hydrogen-bond donors (Lipinski definition) is 0. The Morgan fingerprint density at radius 2 is 2.08 bits per heavy atom. The van der Waals surface area contributed by atoms with Gasteiger partial charge in [-0.3, -0.25) is 4.90 Å². The van der Waals surface area contributed by atoms with E-state index in [4.69, 9.17) is 0 Å². The summed E-state index contributed by atoms with van der Waals surface area (Å²) in [4.78, 5) is 2.66. The van der Waals surface area contributed by atoms with Crippen molar-refractivity contribution in [1.29, 1.82) is 0 Å². The van der Waals surface area contributed by atoms with Gasteiger partial charge in [-0.1, -0.05) is 20.3 Å². The topological polar surface area (TPSA) is 3.24 Å². The fourth-order valence-electron chi connectivity index (χ4n) is 2.14. The molecule has 1 rings (SSSR count). The van der Waals surface area contributed by atoms with Gasteiger partial charge in [0, 0.05) is 18.3 Å². The van der Waals surface area contributed by atoms with Crippen LogP contribution in [0.4, 0.5) is 0 Å².